The van der Waals surface area contributed by atoms with Crippen LogP contribution in [0.25, 0.3) is 116 Å². The molecular weight excluding hydrogens is 713 g/mol. The number of nitrogens with zero attached hydrogens (tertiary/aromatic N) is 6. The molecule has 0 saturated carbocycles. The Kier molecular flexibility index (Phi) is 6.11. The van der Waals surface area contributed by atoms with E-state index in [2.05, 4.69) is 147 Å². The molecule has 0 aliphatic heterocycles. The summed E-state index contributed by atoms with van der Waals surface area (Å²) in [5, 5.41) is 16.5. The first-order valence-corrected chi connectivity index (χ1v) is 19.3. The van der Waals surface area contributed by atoms with Crippen molar-refractivity contribution >= 4 is 93.3 Å². The van der Waals surface area contributed by atoms with Crippen molar-refractivity contribution in [1.29, 1.82) is 5.26 Å². The summed E-state index contributed by atoms with van der Waals surface area (Å²) in [4.78, 5) is 10.5. The van der Waals surface area contributed by atoms with Gasteiger partial charge >= 0.3 is 0 Å². The van der Waals surface area contributed by atoms with Crippen molar-refractivity contribution in [2.24, 2.45) is 0 Å². The number of hydrogen-bond donors (Lipinski definition) is 0. The van der Waals surface area contributed by atoms with Crippen molar-refractivity contribution in [3.8, 4) is 28.7 Å². The third-order valence-electron chi connectivity index (χ3n) is 11.8. The Morgan fingerprint density at radius 3 is 1.83 bits per heavy atom. The Balaban J connectivity index is 1.03. The maximum absolute atomic E-state index is 9.83. The topological polar surface area (TPSA) is 77.0 Å². The van der Waals surface area contributed by atoms with Gasteiger partial charge in [0.1, 0.15) is 22.5 Å². The highest BCUT2D eigenvalue weighted by atomic mass is 16.3. The van der Waals surface area contributed by atoms with Gasteiger partial charge in [-0.15, -0.1) is 0 Å². The number of rotatable bonds is 3. The van der Waals surface area contributed by atoms with Gasteiger partial charge in [-0.3, -0.25) is 8.97 Å². The lowest BCUT2D eigenvalue weighted by Crippen LogP contribution is -1.98. The standard InChI is InChI=1S/C51H28N6O/c52-29-30-18-21-40-45(26-30)57-49-48-46(58-50(49)36-14-4-5-15-37(36)51(57)53-40)24-25-47(54-48)56-42-17-9-7-13-35(42)39-28-32(20-23-44(39)56)31-19-22-43-38(27-31)34-12-6-8-16-41(34)55(43)33-10-2-1-3-11-33/h1-28H. The van der Waals surface area contributed by atoms with Crippen molar-refractivity contribution in [3.05, 3.63) is 175 Å². The zero-order valence-electron chi connectivity index (χ0n) is 30.8. The first kappa shape index (κ1) is 31.0. The fourth-order valence-electron chi connectivity index (χ4n) is 9.30. The molecule has 7 aromatic carbocycles. The highest BCUT2D eigenvalue weighted by molar-refractivity contribution is 6.18. The number of fused-ring (bicyclic) bond motifs is 16. The average Bonchev–Trinajstić information content (AvgIpc) is 4.04. The second-order valence-corrected chi connectivity index (χ2v) is 14.9. The van der Waals surface area contributed by atoms with Crippen LogP contribution in [0.1, 0.15) is 5.56 Å². The molecule has 0 atom stereocenters. The van der Waals surface area contributed by atoms with Gasteiger partial charge in [0.15, 0.2) is 11.2 Å². The summed E-state index contributed by atoms with van der Waals surface area (Å²) in [5.74, 6) is 0.785. The molecule has 7 heteroatoms. The molecule has 13 rings (SSSR count). The molecule has 6 heterocycles. The average molecular weight is 741 g/mol. The number of nitriles is 1. The molecule has 0 spiro atoms. The minimum absolute atomic E-state index is 0.570. The molecule has 0 aliphatic rings. The summed E-state index contributed by atoms with van der Waals surface area (Å²) in [7, 11) is 0. The van der Waals surface area contributed by atoms with Crippen LogP contribution in [-0.2, 0) is 0 Å². The molecule has 0 aliphatic carbocycles. The van der Waals surface area contributed by atoms with Crippen LogP contribution in [0.5, 0.6) is 0 Å². The molecule has 58 heavy (non-hydrogen) atoms. The van der Waals surface area contributed by atoms with Gasteiger partial charge in [0.2, 0.25) is 0 Å². The fourth-order valence-corrected chi connectivity index (χ4v) is 9.30. The predicted octanol–water partition coefficient (Wildman–Crippen LogP) is 12.7. The minimum atomic E-state index is 0.570. The summed E-state index contributed by atoms with van der Waals surface area (Å²) < 4.78 is 13.4. The first-order valence-electron chi connectivity index (χ1n) is 19.3. The van der Waals surface area contributed by atoms with Crippen LogP contribution in [0.2, 0.25) is 0 Å². The number of benzene rings is 7. The highest BCUT2D eigenvalue weighted by Crippen LogP contribution is 2.41. The molecule has 6 aromatic heterocycles. The van der Waals surface area contributed by atoms with Crippen molar-refractivity contribution in [1.82, 2.24) is 23.5 Å². The van der Waals surface area contributed by atoms with E-state index >= 15 is 0 Å². The van der Waals surface area contributed by atoms with Gasteiger partial charge < -0.3 is 8.98 Å². The normalized spacial score (nSPS) is 12.1. The Labute approximate surface area is 329 Å². The summed E-state index contributed by atoms with van der Waals surface area (Å²) in [5.41, 5.74) is 14.0. The molecule has 0 fully saturated rings. The van der Waals surface area contributed by atoms with Crippen LogP contribution < -0.4 is 0 Å². The molecule has 0 unspecified atom stereocenters. The second kappa shape index (κ2) is 11.4. The Bertz CT molecular complexity index is 3930. The highest BCUT2D eigenvalue weighted by Gasteiger charge is 2.22. The summed E-state index contributed by atoms with van der Waals surface area (Å²) in [6.45, 7) is 0. The second-order valence-electron chi connectivity index (χ2n) is 14.9. The quantitative estimate of drug-likeness (QED) is 0.181. The minimum Gasteiger partial charge on any atom is -0.452 e. The van der Waals surface area contributed by atoms with Crippen molar-refractivity contribution in [2.45, 2.75) is 0 Å². The van der Waals surface area contributed by atoms with E-state index in [1.165, 1.54) is 21.8 Å². The number of hydrogen-bond acceptors (Lipinski definition) is 4. The van der Waals surface area contributed by atoms with Crippen LogP contribution in [0.3, 0.4) is 0 Å². The van der Waals surface area contributed by atoms with Crippen LogP contribution in [0.4, 0.5) is 0 Å². The summed E-state index contributed by atoms with van der Waals surface area (Å²) in [6, 6.07) is 61.5. The number of aromatic nitrogens is 5. The van der Waals surface area contributed by atoms with Gasteiger partial charge in [-0.1, -0.05) is 91.0 Å². The van der Waals surface area contributed by atoms with Gasteiger partial charge in [-0.2, -0.15) is 5.26 Å². The molecule has 0 saturated heterocycles. The molecule has 7 nitrogen and oxygen atoms in total. The van der Waals surface area contributed by atoms with Crippen molar-refractivity contribution in [3.63, 3.8) is 0 Å². The van der Waals surface area contributed by atoms with Crippen LogP contribution >= 0.6 is 0 Å². The van der Waals surface area contributed by atoms with E-state index in [1.54, 1.807) is 0 Å². The molecule has 0 amide bonds. The van der Waals surface area contributed by atoms with Gasteiger partial charge in [0.25, 0.3) is 0 Å². The fraction of sp³-hybridized carbons (Fsp3) is 0. The lowest BCUT2D eigenvalue weighted by Gasteiger charge is -2.09. The third-order valence-corrected chi connectivity index (χ3v) is 11.8. The molecular formula is C51H28N6O. The third kappa shape index (κ3) is 4.15. The Morgan fingerprint density at radius 1 is 0.483 bits per heavy atom. The number of furan rings is 1. The van der Waals surface area contributed by atoms with Gasteiger partial charge in [-0.05, 0) is 90.0 Å². The van der Waals surface area contributed by atoms with E-state index in [-0.39, 0.29) is 0 Å². The van der Waals surface area contributed by atoms with E-state index in [4.69, 9.17) is 14.4 Å². The molecule has 0 N–H and O–H groups in total. The van der Waals surface area contributed by atoms with E-state index in [0.717, 1.165) is 88.5 Å². The predicted molar refractivity (Wildman–Crippen MR) is 234 cm³/mol. The Hall–Kier alpha value is -8.21. The van der Waals surface area contributed by atoms with Crippen LogP contribution in [0, 0.1) is 11.3 Å². The van der Waals surface area contributed by atoms with E-state index in [9.17, 15) is 5.26 Å². The van der Waals surface area contributed by atoms with E-state index in [0.29, 0.717) is 11.1 Å². The maximum Gasteiger partial charge on any atom is 0.161 e. The van der Waals surface area contributed by atoms with Crippen LogP contribution in [0.15, 0.2) is 174 Å². The smallest absolute Gasteiger partial charge is 0.161 e. The van der Waals surface area contributed by atoms with Crippen LogP contribution in [-0.4, -0.2) is 23.5 Å². The van der Waals surface area contributed by atoms with E-state index < -0.39 is 0 Å². The zero-order valence-corrected chi connectivity index (χ0v) is 30.8. The lowest BCUT2D eigenvalue weighted by molar-refractivity contribution is 0.671. The van der Waals surface area contributed by atoms with Gasteiger partial charge in [0, 0.05) is 38.0 Å². The summed E-state index contributed by atoms with van der Waals surface area (Å²) in [6.07, 6.45) is 0. The molecule has 268 valence electrons. The first-order chi connectivity index (χ1) is 28.7. The van der Waals surface area contributed by atoms with Gasteiger partial charge in [-0.25, -0.2) is 9.97 Å². The molecule has 0 bridgehead atoms. The summed E-state index contributed by atoms with van der Waals surface area (Å²) >= 11 is 0. The Morgan fingerprint density at radius 2 is 1.10 bits per heavy atom. The molecule has 0 radical (unpaired) electrons. The van der Waals surface area contributed by atoms with E-state index in [1.807, 2.05) is 42.5 Å². The maximum atomic E-state index is 9.83. The lowest BCUT2D eigenvalue weighted by atomic mass is 10.0. The van der Waals surface area contributed by atoms with Gasteiger partial charge in [0.05, 0.1) is 44.7 Å². The number of imidazole rings is 1. The van der Waals surface area contributed by atoms with Crippen molar-refractivity contribution < 1.29 is 4.42 Å². The molecule has 13 aromatic rings. The monoisotopic (exact) mass is 740 g/mol. The SMILES string of the molecule is N#Cc1ccc2nc3c4ccccc4c4oc5ccc(-n6c7ccccc7c7cc(-c8ccc9c(c8)c8ccccc8n9-c8ccccc8)ccc76)nc5c4n3c2c1. The largest absolute Gasteiger partial charge is 0.452 e. The zero-order chi connectivity index (χ0) is 38.1. The van der Waals surface area contributed by atoms with Crippen molar-refractivity contribution in [2.75, 3.05) is 0 Å². The number of pyridine rings is 2. The number of para-hydroxylation sites is 3.